The number of thiazole rings is 1. The minimum absolute atomic E-state index is 0.177. The highest BCUT2D eigenvalue weighted by Gasteiger charge is 2.19. The molecular formula is C17H16Cl2N6O2S. The summed E-state index contributed by atoms with van der Waals surface area (Å²) in [6.07, 6.45) is 1.43. The first-order valence-corrected chi connectivity index (χ1v) is 9.66. The first-order chi connectivity index (χ1) is 13.3. The Labute approximate surface area is 175 Å². The van der Waals surface area contributed by atoms with Crippen LogP contribution in [-0.4, -0.2) is 50.8 Å². The molecule has 0 aliphatic carbocycles. The molecule has 2 heterocycles. The Kier molecular flexibility index (Phi) is 5.97. The van der Waals surface area contributed by atoms with E-state index in [0.717, 1.165) is 16.9 Å². The number of aromatic nitrogens is 4. The van der Waals surface area contributed by atoms with Crippen LogP contribution in [0.3, 0.4) is 0 Å². The average molecular weight is 439 g/mol. The van der Waals surface area contributed by atoms with Crippen molar-refractivity contribution in [3.8, 4) is 0 Å². The van der Waals surface area contributed by atoms with Crippen molar-refractivity contribution in [3.63, 3.8) is 0 Å². The Hall–Kier alpha value is -2.49. The van der Waals surface area contributed by atoms with E-state index in [9.17, 15) is 9.59 Å². The predicted octanol–water partition coefficient (Wildman–Crippen LogP) is 3.35. The lowest BCUT2D eigenvalue weighted by Crippen LogP contribution is -2.20. The summed E-state index contributed by atoms with van der Waals surface area (Å²) in [5.74, 6) is -0.627. The molecule has 0 fully saturated rings. The molecule has 0 aliphatic rings. The number of benzene rings is 1. The number of halogens is 2. The first kappa shape index (κ1) is 20.2. The lowest BCUT2D eigenvalue weighted by Gasteiger charge is -2.06. The molecule has 1 aromatic carbocycles. The number of nitrogens with one attached hydrogen (secondary N) is 1. The number of nitrogens with zero attached hydrogens (tertiary/aromatic N) is 5. The van der Waals surface area contributed by atoms with E-state index >= 15 is 0 Å². The standard InChI is InChI=1S/C17H16Cl2N6O2S/c1-9-14(15(26)21-17-20-7-13(28-17)16(27)24(2)3)22-23-25(9)8-10-4-5-11(18)12(19)6-10/h4-7H,8H2,1-3H3,(H,20,21,26). The zero-order chi connectivity index (χ0) is 20.4. The topological polar surface area (TPSA) is 93.0 Å². The predicted molar refractivity (Wildman–Crippen MR) is 108 cm³/mol. The fraction of sp³-hybridized carbons (Fsp3) is 0.235. The second-order valence-corrected chi connectivity index (χ2v) is 7.96. The van der Waals surface area contributed by atoms with Gasteiger partial charge in [-0.3, -0.25) is 14.9 Å². The number of amides is 2. The number of rotatable bonds is 5. The zero-order valence-electron chi connectivity index (χ0n) is 15.2. The Morgan fingerprint density at radius 2 is 2.00 bits per heavy atom. The van der Waals surface area contributed by atoms with Gasteiger partial charge in [0, 0.05) is 14.1 Å². The number of carbonyl (C=O) groups is 2. The lowest BCUT2D eigenvalue weighted by atomic mass is 10.2. The quantitative estimate of drug-likeness (QED) is 0.658. The van der Waals surface area contributed by atoms with Crippen LogP contribution >= 0.6 is 34.5 Å². The van der Waals surface area contributed by atoms with E-state index in [1.165, 1.54) is 11.1 Å². The summed E-state index contributed by atoms with van der Waals surface area (Å²) in [4.78, 5) is 30.4. The normalized spacial score (nSPS) is 10.8. The molecule has 2 amide bonds. The van der Waals surface area contributed by atoms with Crippen LogP contribution in [0.2, 0.25) is 10.0 Å². The van der Waals surface area contributed by atoms with Crippen molar-refractivity contribution in [1.29, 1.82) is 0 Å². The Morgan fingerprint density at radius 3 is 2.68 bits per heavy atom. The van der Waals surface area contributed by atoms with Gasteiger partial charge in [0.15, 0.2) is 10.8 Å². The molecule has 3 rings (SSSR count). The molecule has 3 aromatic rings. The highest BCUT2D eigenvalue weighted by Crippen LogP contribution is 2.23. The molecule has 0 radical (unpaired) electrons. The fourth-order valence-corrected chi connectivity index (χ4v) is 3.49. The maximum atomic E-state index is 12.5. The van der Waals surface area contributed by atoms with Gasteiger partial charge in [0.25, 0.3) is 11.8 Å². The van der Waals surface area contributed by atoms with Crippen LogP contribution in [0.25, 0.3) is 0 Å². The van der Waals surface area contributed by atoms with Crippen LogP contribution in [0, 0.1) is 6.92 Å². The third-order valence-electron chi connectivity index (χ3n) is 3.86. The van der Waals surface area contributed by atoms with Crippen molar-refractivity contribution in [2.45, 2.75) is 13.5 Å². The average Bonchev–Trinajstić information content (AvgIpc) is 3.25. The highest BCUT2D eigenvalue weighted by molar-refractivity contribution is 7.17. The number of hydrogen-bond donors (Lipinski definition) is 1. The van der Waals surface area contributed by atoms with E-state index in [-0.39, 0.29) is 11.6 Å². The molecule has 11 heteroatoms. The molecular weight excluding hydrogens is 423 g/mol. The second-order valence-electron chi connectivity index (χ2n) is 6.11. The Balaban J connectivity index is 1.73. The van der Waals surface area contributed by atoms with Crippen molar-refractivity contribution in [1.82, 2.24) is 24.9 Å². The number of carbonyl (C=O) groups excluding carboxylic acids is 2. The van der Waals surface area contributed by atoms with E-state index < -0.39 is 5.91 Å². The first-order valence-electron chi connectivity index (χ1n) is 8.09. The van der Waals surface area contributed by atoms with Gasteiger partial charge < -0.3 is 4.90 Å². The molecule has 0 saturated carbocycles. The van der Waals surface area contributed by atoms with Gasteiger partial charge in [-0.05, 0) is 24.6 Å². The van der Waals surface area contributed by atoms with Gasteiger partial charge in [-0.1, -0.05) is 45.8 Å². The second kappa shape index (κ2) is 8.26. The van der Waals surface area contributed by atoms with Gasteiger partial charge in [0.1, 0.15) is 4.88 Å². The molecule has 0 atom stereocenters. The molecule has 2 aromatic heterocycles. The van der Waals surface area contributed by atoms with Gasteiger partial charge >= 0.3 is 0 Å². The molecule has 0 spiro atoms. The minimum Gasteiger partial charge on any atom is -0.344 e. The van der Waals surface area contributed by atoms with E-state index in [1.807, 2.05) is 6.07 Å². The summed E-state index contributed by atoms with van der Waals surface area (Å²) in [7, 11) is 3.30. The summed E-state index contributed by atoms with van der Waals surface area (Å²) >= 11 is 13.1. The van der Waals surface area contributed by atoms with Gasteiger partial charge in [-0.2, -0.15) is 0 Å². The van der Waals surface area contributed by atoms with Crippen molar-refractivity contribution >= 4 is 51.5 Å². The molecule has 1 N–H and O–H groups in total. The van der Waals surface area contributed by atoms with Crippen LogP contribution in [0.5, 0.6) is 0 Å². The monoisotopic (exact) mass is 438 g/mol. The largest absolute Gasteiger partial charge is 0.344 e. The molecule has 146 valence electrons. The van der Waals surface area contributed by atoms with Crippen molar-refractivity contribution in [3.05, 3.63) is 56.3 Å². The smallest absolute Gasteiger partial charge is 0.279 e. The summed E-state index contributed by atoms with van der Waals surface area (Å²) < 4.78 is 1.59. The molecule has 0 unspecified atom stereocenters. The molecule has 28 heavy (non-hydrogen) atoms. The van der Waals surface area contributed by atoms with Crippen molar-refractivity contribution in [2.75, 3.05) is 19.4 Å². The third kappa shape index (κ3) is 4.32. The molecule has 8 nitrogen and oxygen atoms in total. The summed E-state index contributed by atoms with van der Waals surface area (Å²) in [6.45, 7) is 2.14. The zero-order valence-corrected chi connectivity index (χ0v) is 17.6. The van der Waals surface area contributed by atoms with Gasteiger partial charge in [0.05, 0.1) is 28.5 Å². The van der Waals surface area contributed by atoms with Gasteiger partial charge in [-0.15, -0.1) is 5.10 Å². The van der Waals surface area contributed by atoms with Crippen molar-refractivity contribution < 1.29 is 9.59 Å². The SMILES string of the molecule is Cc1c(C(=O)Nc2ncc(C(=O)N(C)C)s2)nnn1Cc1ccc(Cl)c(Cl)c1. The maximum absolute atomic E-state index is 12.5. The van der Waals surface area contributed by atoms with Crippen LogP contribution in [0.4, 0.5) is 5.13 Å². The summed E-state index contributed by atoms with van der Waals surface area (Å²) in [5.41, 5.74) is 1.64. The molecule has 0 saturated heterocycles. The van der Waals surface area contributed by atoms with Gasteiger partial charge in [0.2, 0.25) is 0 Å². The summed E-state index contributed by atoms with van der Waals surface area (Å²) in [6, 6.07) is 5.27. The van der Waals surface area contributed by atoms with Crippen LogP contribution in [0.1, 0.15) is 31.4 Å². The van der Waals surface area contributed by atoms with E-state index in [1.54, 1.807) is 37.8 Å². The fourth-order valence-electron chi connectivity index (χ4n) is 2.34. The Morgan fingerprint density at radius 1 is 1.25 bits per heavy atom. The molecule has 0 bridgehead atoms. The van der Waals surface area contributed by atoms with Crippen LogP contribution in [-0.2, 0) is 6.54 Å². The maximum Gasteiger partial charge on any atom is 0.279 e. The highest BCUT2D eigenvalue weighted by atomic mass is 35.5. The van der Waals surface area contributed by atoms with E-state index in [4.69, 9.17) is 23.2 Å². The van der Waals surface area contributed by atoms with E-state index in [0.29, 0.717) is 32.3 Å². The van der Waals surface area contributed by atoms with Crippen LogP contribution in [0.15, 0.2) is 24.4 Å². The summed E-state index contributed by atoms with van der Waals surface area (Å²) in [5, 5.41) is 11.9. The van der Waals surface area contributed by atoms with Gasteiger partial charge in [-0.25, -0.2) is 9.67 Å². The van der Waals surface area contributed by atoms with Crippen molar-refractivity contribution in [2.24, 2.45) is 0 Å². The van der Waals surface area contributed by atoms with E-state index in [2.05, 4.69) is 20.6 Å². The van der Waals surface area contributed by atoms with Crippen LogP contribution < -0.4 is 5.32 Å². The minimum atomic E-state index is -0.448. The lowest BCUT2D eigenvalue weighted by molar-refractivity contribution is 0.0831. The molecule has 0 aliphatic heterocycles. The number of anilines is 1. The number of hydrogen-bond acceptors (Lipinski definition) is 6. The third-order valence-corrected chi connectivity index (χ3v) is 5.50. The Bertz CT molecular complexity index is 1050.